The minimum absolute atomic E-state index is 0.331. The zero-order valence-electron chi connectivity index (χ0n) is 10.9. The number of rotatable bonds is 9. The average molecular weight is 233 g/mol. The van der Waals surface area contributed by atoms with Crippen molar-refractivity contribution in [3.05, 3.63) is 0 Å². The molecule has 0 radical (unpaired) electrons. The van der Waals surface area contributed by atoms with Crippen LogP contribution in [-0.4, -0.2) is 37.3 Å². The highest BCUT2D eigenvalue weighted by Crippen LogP contribution is 2.19. The van der Waals surface area contributed by atoms with E-state index in [1.165, 1.54) is 0 Å². The van der Waals surface area contributed by atoms with Crippen LogP contribution in [0.4, 0.5) is 0 Å². The quantitative estimate of drug-likeness (QED) is 0.619. The van der Waals surface area contributed by atoms with Crippen LogP contribution in [0.5, 0.6) is 0 Å². The third kappa shape index (κ3) is 10.6. The van der Waals surface area contributed by atoms with E-state index in [2.05, 4.69) is 39.3 Å². The molecule has 0 fully saturated rings. The summed E-state index contributed by atoms with van der Waals surface area (Å²) in [5.41, 5.74) is 0. The maximum Gasteiger partial charge on any atom is 0.0590 e. The van der Waals surface area contributed by atoms with Crippen molar-refractivity contribution in [1.82, 2.24) is 5.32 Å². The molecule has 0 saturated heterocycles. The minimum atomic E-state index is 0.331. The summed E-state index contributed by atoms with van der Waals surface area (Å²) in [5.74, 6) is 0.744. The molecule has 0 heterocycles. The Kier molecular flexibility index (Phi) is 8.58. The standard InChI is InChI=1S/C12H27NOS/c1-11(2)6-8-14-9-7-13-10-12(3,4)15-5/h11,13H,6-10H2,1-5H3. The largest absolute Gasteiger partial charge is 0.380 e. The summed E-state index contributed by atoms with van der Waals surface area (Å²) >= 11 is 1.90. The van der Waals surface area contributed by atoms with Crippen LogP contribution < -0.4 is 5.32 Å². The lowest BCUT2D eigenvalue weighted by Crippen LogP contribution is -2.34. The Morgan fingerprint density at radius 3 is 2.47 bits per heavy atom. The van der Waals surface area contributed by atoms with Crippen LogP contribution in [0.25, 0.3) is 0 Å². The van der Waals surface area contributed by atoms with Gasteiger partial charge in [0.25, 0.3) is 0 Å². The van der Waals surface area contributed by atoms with Crippen molar-refractivity contribution in [3.63, 3.8) is 0 Å². The lowest BCUT2D eigenvalue weighted by molar-refractivity contribution is 0.125. The topological polar surface area (TPSA) is 21.3 Å². The first kappa shape index (κ1) is 15.3. The van der Waals surface area contributed by atoms with Gasteiger partial charge in [-0.05, 0) is 32.4 Å². The van der Waals surface area contributed by atoms with Crippen LogP contribution in [0.15, 0.2) is 0 Å². The van der Waals surface area contributed by atoms with Crippen molar-refractivity contribution in [2.24, 2.45) is 5.92 Å². The molecule has 15 heavy (non-hydrogen) atoms. The molecule has 0 rings (SSSR count). The average Bonchev–Trinajstić information content (AvgIpc) is 2.16. The summed E-state index contributed by atoms with van der Waals surface area (Å²) < 4.78 is 5.85. The van der Waals surface area contributed by atoms with E-state index >= 15 is 0 Å². The zero-order valence-corrected chi connectivity index (χ0v) is 11.7. The predicted octanol–water partition coefficient (Wildman–Crippen LogP) is 2.78. The second-order valence-electron chi connectivity index (χ2n) is 4.94. The Balaban J connectivity index is 3.18. The van der Waals surface area contributed by atoms with Crippen LogP contribution in [0.1, 0.15) is 34.1 Å². The van der Waals surface area contributed by atoms with Crippen molar-refractivity contribution in [2.75, 3.05) is 32.6 Å². The van der Waals surface area contributed by atoms with E-state index in [4.69, 9.17) is 4.74 Å². The molecular formula is C12H27NOS. The first-order valence-electron chi connectivity index (χ1n) is 5.81. The van der Waals surface area contributed by atoms with E-state index in [0.29, 0.717) is 4.75 Å². The number of ether oxygens (including phenoxy) is 1. The molecular weight excluding hydrogens is 206 g/mol. The third-order valence-corrected chi connectivity index (χ3v) is 3.62. The molecule has 0 aromatic heterocycles. The first-order valence-corrected chi connectivity index (χ1v) is 7.04. The normalized spacial score (nSPS) is 12.4. The van der Waals surface area contributed by atoms with Gasteiger partial charge in [-0.3, -0.25) is 0 Å². The van der Waals surface area contributed by atoms with Gasteiger partial charge in [0.15, 0.2) is 0 Å². The van der Waals surface area contributed by atoms with Gasteiger partial charge in [-0.1, -0.05) is 13.8 Å². The fourth-order valence-corrected chi connectivity index (χ4v) is 1.27. The van der Waals surface area contributed by atoms with Crippen molar-refractivity contribution in [1.29, 1.82) is 0 Å². The lowest BCUT2D eigenvalue weighted by Gasteiger charge is -2.22. The Hall–Kier alpha value is 0.270. The van der Waals surface area contributed by atoms with Crippen molar-refractivity contribution < 1.29 is 4.74 Å². The summed E-state index contributed by atoms with van der Waals surface area (Å²) in [7, 11) is 0. The SMILES string of the molecule is CSC(C)(C)CNCCOCCC(C)C. The maximum absolute atomic E-state index is 5.52. The third-order valence-electron chi connectivity index (χ3n) is 2.37. The Morgan fingerprint density at radius 2 is 1.93 bits per heavy atom. The highest BCUT2D eigenvalue weighted by Gasteiger charge is 2.14. The van der Waals surface area contributed by atoms with Crippen molar-refractivity contribution in [2.45, 2.75) is 38.9 Å². The van der Waals surface area contributed by atoms with Crippen LogP contribution >= 0.6 is 11.8 Å². The molecule has 0 amide bonds. The van der Waals surface area contributed by atoms with Gasteiger partial charge in [-0.25, -0.2) is 0 Å². The molecule has 92 valence electrons. The predicted molar refractivity (Wildman–Crippen MR) is 70.7 cm³/mol. The second kappa shape index (κ2) is 8.43. The molecule has 2 nitrogen and oxygen atoms in total. The first-order chi connectivity index (χ1) is 6.98. The molecule has 0 aliphatic rings. The highest BCUT2D eigenvalue weighted by molar-refractivity contribution is 7.99. The summed E-state index contributed by atoms with van der Waals surface area (Å²) in [6.07, 6.45) is 3.32. The van der Waals surface area contributed by atoms with Gasteiger partial charge in [-0.15, -0.1) is 0 Å². The van der Waals surface area contributed by atoms with E-state index < -0.39 is 0 Å². The van der Waals surface area contributed by atoms with E-state index in [9.17, 15) is 0 Å². The minimum Gasteiger partial charge on any atom is -0.380 e. The molecule has 0 aromatic rings. The summed E-state index contributed by atoms with van der Waals surface area (Å²) in [5, 5.41) is 3.42. The molecule has 0 spiro atoms. The molecule has 0 atom stereocenters. The van der Waals surface area contributed by atoms with Crippen LogP contribution in [0, 0.1) is 5.92 Å². The van der Waals surface area contributed by atoms with Crippen molar-refractivity contribution >= 4 is 11.8 Å². The van der Waals surface area contributed by atoms with Gasteiger partial charge in [0.1, 0.15) is 0 Å². The fourth-order valence-electron chi connectivity index (χ4n) is 1.03. The molecule has 0 saturated carbocycles. The van der Waals surface area contributed by atoms with Gasteiger partial charge >= 0.3 is 0 Å². The Morgan fingerprint density at radius 1 is 1.27 bits per heavy atom. The monoisotopic (exact) mass is 233 g/mol. The zero-order chi connectivity index (χ0) is 11.7. The van der Waals surface area contributed by atoms with Gasteiger partial charge in [-0.2, -0.15) is 11.8 Å². The van der Waals surface area contributed by atoms with E-state index in [1.54, 1.807) is 0 Å². The summed E-state index contributed by atoms with van der Waals surface area (Å²) in [4.78, 5) is 0. The molecule has 0 unspecified atom stereocenters. The Labute approximate surface area is 99.5 Å². The van der Waals surface area contributed by atoms with Crippen LogP contribution in [-0.2, 0) is 4.74 Å². The van der Waals surface area contributed by atoms with Crippen molar-refractivity contribution in [3.8, 4) is 0 Å². The number of thioether (sulfide) groups is 1. The second-order valence-corrected chi connectivity index (χ2v) is 6.45. The van der Waals surface area contributed by atoms with Gasteiger partial charge in [0.05, 0.1) is 6.61 Å². The summed E-state index contributed by atoms with van der Waals surface area (Å²) in [6, 6.07) is 0. The Bertz CT molecular complexity index is 149. The van der Waals surface area contributed by atoms with E-state index in [1.807, 2.05) is 11.8 Å². The van der Waals surface area contributed by atoms with E-state index in [0.717, 1.165) is 38.6 Å². The van der Waals surface area contributed by atoms with E-state index in [-0.39, 0.29) is 0 Å². The fraction of sp³-hybridized carbons (Fsp3) is 1.00. The van der Waals surface area contributed by atoms with Gasteiger partial charge in [0.2, 0.25) is 0 Å². The molecule has 0 bridgehead atoms. The molecule has 0 aliphatic heterocycles. The smallest absolute Gasteiger partial charge is 0.0590 e. The summed E-state index contributed by atoms with van der Waals surface area (Å²) in [6.45, 7) is 12.7. The maximum atomic E-state index is 5.52. The lowest BCUT2D eigenvalue weighted by atomic mass is 10.1. The molecule has 0 aromatic carbocycles. The number of hydrogen-bond donors (Lipinski definition) is 1. The molecule has 3 heteroatoms. The molecule has 1 N–H and O–H groups in total. The van der Waals surface area contributed by atoms with Gasteiger partial charge < -0.3 is 10.1 Å². The van der Waals surface area contributed by atoms with Gasteiger partial charge in [0, 0.05) is 24.4 Å². The van der Waals surface area contributed by atoms with Crippen LogP contribution in [0.2, 0.25) is 0 Å². The number of nitrogens with one attached hydrogen (secondary N) is 1. The number of hydrogen-bond acceptors (Lipinski definition) is 3. The van der Waals surface area contributed by atoms with Crippen LogP contribution in [0.3, 0.4) is 0 Å². The highest BCUT2D eigenvalue weighted by atomic mass is 32.2. The molecule has 0 aliphatic carbocycles.